The highest BCUT2D eigenvalue weighted by molar-refractivity contribution is 5.71. The van der Waals surface area contributed by atoms with Crippen molar-refractivity contribution in [2.45, 2.75) is 412 Å². The molecule has 0 fully saturated rings. The summed E-state index contributed by atoms with van der Waals surface area (Å²) < 4.78 is 17.0. The van der Waals surface area contributed by atoms with Crippen LogP contribution in [-0.4, -0.2) is 37.2 Å². The first kappa shape index (κ1) is 78.6. The molecule has 0 bridgehead atoms. The van der Waals surface area contributed by atoms with Gasteiger partial charge in [0.15, 0.2) is 6.10 Å². The molecule has 0 aliphatic heterocycles. The Hall–Kier alpha value is -2.37. The van der Waals surface area contributed by atoms with Crippen LogP contribution in [0.15, 0.2) is 36.5 Å². The molecule has 0 aromatic carbocycles. The van der Waals surface area contributed by atoms with Gasteiger partial charge in [-0.15, -0.1) is 0 Å². The van der Waals surface area contributed by atoms with Gasteiger partial charge in [0.2, 0.25) is 0 Å². The molecule has 0 aromatic rings. The molecule has 0 N–H and O–H groups in total. The average molecular weight is 1140 g/mol. The molecule has 0 radical (unpaired) electrons. The Kier molecular flexibility index (Phi) is 68.1. The highest BCUT2D eigenvalue weighted by Gasteiger charge is 2.19. The molecule has 1 atom stereocenters. The first-order valence-corrected chi connectivity index (χ1v) is 36.5. The fraction of sp³-hybridized carbons (Fsp3) is 0.880. The van der Waals surface area contributed by atoms with Crippen molar-refractivity contribution in [3.63, 3.8) is 0 Å². The van der Waals surface area contributed by atoms with Gasteiger partial charge in [-0.3, -0.25) is 14.4 Å². The van der Waals surface area contributed by atoms with Crippen LogP contribution in [0.1, 0.15) is 406 Å². The zero-order valence-electron chi connectivity index (χ0n) is 54.8. The lowest BCUT2D eigenvalue weighted by atomic mass is 10.0. The molecule has 0 amide bonds. The van der Waals surface area contributed by atoms with Gasteiger partial charge in [0, 0.05) is 19.3 Å². The molecule has 0 rings (SSSR count). The summed E-state index contributed by atoms with van der Waals surface area (Å²) >= 11 is 0. The first-order chi connectivity index (χ1) is 40.0. The second-order valence-corrected chi connectivity index (χ2v) is 24.9. The van der Waals surface area contributed by atoms with E-state index in [-0.39, 0.29) is 31.1 Å². The summed E-state index contributed by atoms with van der Waals surface area (Å²) in [6, 6.07) is 0. The van der Waals surface area contributed by atoms with Crippen LogP contribution < -0.4 is 0 Å². The normalized spacial score (nSPS) is 12.2. The predicted molar refractivity (Wildman–Crippen MR) is 353 cm³/mol. The minimum absolute atomic E-state index is 0.0762. The molecule has 6 nitrogen and oxygen atoms in total. The number of hydrogen-bond donors (Lipinski definition) is 0. The fourth-order valence-corrected chi connectivity index (χ4v) is 11.1. The zero-order valence-corrected chi connectivity index (χ0v) is 54.8. The largest absolute Gasteiger partial charge is 0.462 e. The standard InChI is InChI=1S/C75H140O6/c1-4-7-10-13-16-19-22-25-28-31-32-33-34-35-36-37-38-39-40-41-42-43-44-45-48-50-53-56-59-62-65-68-74(77)80-71-72(81-75(78)69-66-63-60-57-54-51-47-30-27-24-21-18-15-12-9-6-3)70-79-73(76)67-64-61-58-55-52-49-46-29-26-23-20-17-14-11-8-5-2/h21,24,29-30,46-47,72H,4-20,22-23,25-28,31-45,48-71H2,1-3H3/b24-21-,46-29-,47-30-. The number of hydrogen-bond acceptors (Lipinski definition) is 6. The van der Waals surface area contributed by atoms with E-state index < -0.39 is 6.10 Å². The van der Waals surface area contributed by atoms with E-state index in [2.05, 4.69) is 57.2 Å². The van der Waals surface area contributed by atoms with E-state index in [1.165, 1.54) is 276 Å². The maximum atomic E-state index is 12.9. The Morgan fingerprint density at radius 2 is 0.444 bits per heavy atom. The third kappa shape index (κ3) is 68.3. The van der Waals surface area contributed by atoms with Crippen molar-refractivity contribution in [2.24, 2.45) is 0 Å². The lowest BCUT2D eigenvalue weighted by Crippen LogP contribution is -2.30. The van der Waals surface area contributed by atoms with E-state index in [1.807, 2.05) is 0 Å². The van der Waals surface area contributed by atoms with Gasteiger partial charge in [0.05, 0.1) is 0 Å². The van der Waals surface area contributed by atoms with Crippen LogP contribution in [0.25, 0.3) is 0 Å². The van der Waals surface area contributed by atoms with Crippen LogP contribution in [-0.2, 0) is 28.6 Å². The molecule has 0 aliphatic carbocycles. The third-order valence-corrected chi connectivity index (χ3v) is 16.6. The molecule has 0 aromatic heterocycles. The van der Waals surface area contributed by atoms with Crippen LogP contribution in [0.3, 0.4) is 0 Å². The van der Waals surface area contributed by atoms with Gasteiger partial charge >= 0.3 is 17.9 Å². The Bertz CT molecular complexity index is 1350. The van der Waals surface area contributed by atoms with E-state index in [9.17, 15) is 14.4 Å². The van der Waals surface area contributed by atoms with Crippen LogP contribution in [0.5, 0.6) is 0 Å². The highest BCUT2D eigenvalue weighted by Crippen LogP contribution is 2.19. The lowest BCUT2D eigenvalue weighted by molar-refractivity contribution is -0.167. The monoisotopic (exact) mass is 1140 g/mol. The predicted octanol–water partition coefficient (Wildman–Crippen LogP) is 25.1. The van der Waals surface area contributed by atoms with Crippen LogP contribution in [0.4, 0.5) is 0 Å². The lowest BCUT2D eigenvalue weighted by Gasteiger charge is -2.18. The first-order valence-electron chi connectivity index (χ1n) is 36.5. The van der Waals surface area contributed by atoms with E-state index in [1.54, 1.807) is 0 Å². The Morgan fingerprint density at radius 1 is 0.247 bits per heavy atom. The number of carbonyl (C=O) groups is 3. The summed E-state index contributed by atoms with van der Waals surface area (Å²) in [6.45, 7) is 6.67. The Morgan fingerprint density at radius 3 is 0.704 bits per heavy atom. The fourth-order valence-electron chi connectivity index (χ4n) is 11.1. The van der Waals surface area contributed by atoms with Gasteiger partial charge in [0.25, 0.3) is 0 Å². The van der Waals surface area contributed by atoms with Crippen LogP contribution in [0.2, 0.25) is 0 Å². The summed E-state index contributed by atoms with van der Waals surface area (Å²) in [5, 5.41) is 0. The van der Waals surface area contributed by atoms with Crippen molar-refractivity contribution in [2.75, 3.05) is 13.2 Å². The number of carbonyl (C=O) groups excluding carboxylic acids is 3. The van der Waals surface area contributed by atoms with Gasteiger partial charge in [-0.2, -0.15) is 0 Å². The molecular weight excluding hydrogens is 997 g/mol. The second-order valence-electron chi connectivity index (χ2n) is 24.9. The van der Waals surface area contributed by atoms with Crippen LogP contribution in [0, 0.1) is 0 Å². The summed E-state index contributed by atoms with van der Waals surface area (Å²) in [6.07, 6.45) is 87.6. The minimum atomic E-state index is -0.782. The van der Waals surface area contributed by atoms with E-state index >= 15 is 0 Å². The number of esters is 3. The SMILES string of the molecule is CCCCCC/C=C\C/C=C\CCCCCCCC(=O)OC(COC(=O)CCCCCCC/C=C\CCCCCCCCC)COC(=O)CCCCCCCCCCCCCCCCCCCCCCCCCCCCCCCCC. The summed E-state index contributed by atoms with van der Waals surface area (Å²) in [7, 11) is 0. The van der Waals surface area contributed by atoms with Crippen molar-refractivity contribution in [3.8, 4) is 0 Å². The van der Waals surface area contributed by atoms with Crippen molar-refractivity contribution in [1.29, 1.82) is 0 Å². The molecule has 1 unspecified atom stereocenters. The van der Waals surface area contributed by atoms with Crippen molar-refractivity contribution in [1.82, 2.24) is 0 Å². The molecule has 0 spiro atoms. The maximum Gasteiger partial charge on any atom is 0.306 e. The summed E-state index contributed by atoms with van der Waals surface area (Å²) in [5.41, 5.74) is 0. The average Bonchev–Trinajstić information content (AvgIpc) is 3.47. The maximum absolute atomic E-state index is 12.9. The highest BCUT2D eigenvalue weighted by atomic mass is 16.6. The van der Waals surface area contributed by atoms with Gasteiger partial charge in [0.1, 0.15) is 13.2 Å². The molecule has 0 aliphatic rings. The van der Waals surface area contributed by atoms with Gasteiger partial charge in [-0.25, -0.2) is 0 Å². The summed E-state index contributed by atoms with van der Waals surface area (Å²) in [4.78, 5) is 38.4. The van der Waals surface area contributed by atoms with E-state index in [0.717, 1.165) is 89.9 Å². The van der Waals surface area contributed by atoms with Crippen molar-refractivity contribution >= 4 is 17.9 Å². The molecular formula is C75H140O6. The van der Waals surface area contributed by atoms with Crippen molar-refractivity contribution in [3.05, 3.63) is 36.5 Å². The zero-order chi connectivity index (χ0) is 58.5. The smallest absolute Gasteiger partial charge is 0.306 e. The molecule has 476 valence electrons. The van der Waals surface area contributed by atoms with E-state index in [0.29, 0.717) is 19.3 Å². The summed E-state index contributed by atoms with van der Waals surface area (Å²) in [5.74, 6) is -0.871. The Labute approximate surface area is 506 Å². The van der Waals surface area contributed by atoms with Crippen molar-refractivity contribution < 1.29 is 28.6 Å². The van der Waals surface area contributed by atoms with Gasteiger partial charge in [-0.05, 0) is 77.0 Å². The molecule has 81 heavy (non-hydrogen) atoms. The number of rotatable bonds is 68. The third-order valence-electron chi connectivity index (χ3n) is 16.6. The van der Waals surface area contributed by atoms with Gasteiger partial charge in [-0.1, -0.05) is 346 Å². The minimum Gasteiger partial charge on any atom is -0.462 e. The van der Waals surface area contributed by atoms with Crippen LogP contribution >= 0.6 is 0 Å². The topological polar surface area (TPSA) is 78.9 Å². The number of unbranched alkanes of at least 4 members (excludes halogenated alkanes) is 51. The molecule has 6 heteroatoms. The molecule has 0 saturated heterocycles. The number of allylic oxidation sites excluding steroid dienone is 6. The second kappa shape index (κ2) is 70.1. The number of ether oxygens (including phenoxy) is 3. The molecule has 0 saturated carbocycles. The molecule has 0 heterocycles. The van der Waals surface area contributed by atoms with E-state index in [4.69, 9.17) is 14.2 Å². The van der Waals surface area contributed by atoms with Gasteiger partial charge < -0.3 is 14.2 Å². The quantitative estimate of drug-likeness (QED) is 0.0261. The Balaban J connectivity index is 4.17.